The SMILES string of the molecule is Cl.NC(CO)Cc1ccc(OC2CCCCC2)nc1. The van der Waals surface area contributed by atoms with Crippen molar-refractivity contribution in [1.82, 2.24) is 4.98 Å². The van der Waals surface area contributed by atoms with Crippen LogP contribution in [0.5, 0.6) is 5.88 Å². The molecule has 0 saturated heterocycles. The van der Waals surface area contributed by atoms with Gasteiger partial charge in [0.2, 0.25) is 5.88 Å². The number of pyridine rings is 1. The number of hydrogen-bond donors (Lipinski definition) is 2. The summed E-state index contributed by atoms with van der Waals surface area (Å²) in [6, 6.07) is 3.66. The lowest BCUT2D eigenvalue weighted by Crippen LogP contribution is -2.26. The average molecular weight is 287 g/mol. The first kappa shape index (κ1) is 16.2. The van der Waals surface area contributed by atoms with Gasteiger partial charge in [-0.25, -0.2) is 4.98 Å². The van der Waals surface area contributed by atoms with Crippen molar-refractivity contribution in [2.75, 3.05) is 6.61 Å². The average Bonchev–Trinajstić information content (AvgIpc) is 2.42. The summed E-state index contributed by atoms with van der Waals surface area (Å²) in [6.45, 7) is 0.000323. The molecule has 4 nitrogen and oxygen atoms in total. The van der Waals surface area contributed by atoms with Crippen LogP contribution in [-0.4, -0.2) is 28.8 Å². The highest BCUT2D eigenvalue weighted by Crippen LogP contribution is 2.22. The Balaban J connectivity index is 0.00000180. The normalized spacial score (nSPS) is 17.6. The molecule has 3 N–H and O–H groups in total. The van der Waals surface area contributed by atoms with E-state index < -0.39 is 0 Å². The van der Waals surface area contributed by atoms with Crippen molar-refractivity contribution in [1.29, 1.82) is 0 Å². The molecule has 108 valence electrons. The van der Waals surface area contributed by atoms with Crippen LogP contribution in [0.2, 0.25) is 0 Å². The number of aliphatic hydroxyl groups excluding tert-OH is 1. The van der Waals surface area contributed by atoms with E-state index in [4.69, 9.17) is 15.6 Å². The molecular formula is C14H23ClN2O2. The molecule has 0 bridgehead atoms. The molecule has 1 aromatic rings. The van der Waals surface area contributed by atoms with Crippen molar-refractivity contribution in [2.24, 2.45) is 5.73 Å². The molecule has 1 heterocycles. The molecule has 0 aliphatic heterocycles. The second-order valence-electron chi connectivity index (χ2n) is 5.03. The van der Waals surface area contributed by atoms with Crippen molar-refractivity contribution >= 4 is 12.4 Å². The van der Waals surface area contributed by atoms with Crippen LogP contribution in [0, 0.1) is 0 Å². The lowest BCUT2D eigenvalue weighted by molar-refractivity contribution is 0.148. The lowest BCUT2D eigenvalue weighted by Gasteiger charge is -2.22. The molecule has 1 fully saturated rings. The predicted molar refractivity (Wildman–Crippen MR) is 77.8 cm³/mol. The summed E-state index contributed by atoms with van der Waals surface area (Å²) in [5.74, 6) is 0.697. The van der Waals surface area contributed by atoms with Crippen molar-refractivity contribution in [3.63, 3.8) is 0 Å². The molecule has 1 aliphatic carbocycles. The lowest BCUT2D eigenvalue weighted by atomic mass is 9.98. The highest BCUT2D eigenvalue weighted by Gasteiger charge is 2.15. The predicted octanol–water partition coefficient (Wildman–Crippen LogP) is 2.08. The van der Waals surface area contributed by atoms with E-state index in [0.29, 0.717) is 18.4 Å². The Hall–Kier alpha value is -0.840. The first-order valence-corrected chi connectivity index (χ1v) is 6.76. The summed E-state index contributed by atoms with van der Waals surface area (Å²) in [5, 5.41) is 8.90. The molecule has 1 saturated carbocycles. The Morgan fingerprint density at radius 2 is 2.05 bits per heavy atom. The molecule has 1 aliphatic rings. The Kier molecular flexibility index (Phi) is 7.13. The van der Waals surface area contributed by atoms with E-state index >= 15 is 0 Å². The molecule has 2 rings (SSSR count). The topological polar surface area (TPSA) is 68.4 Å². The smallest absolute Gasteiger partial charge is 0.213 e. The number of ether oxygens (including phenoxy) is 1. The Morgan fingerprint density at radius 1 is 1.32 bits per heavy atom. The zero-order valence-electron chi connectivity index (χ0n) is 11.1. The molecule has 5 heteroatoms. The number of rotatable bonds is 5. The van der Waals surface area contributed by atoms with E-state index in [1.165, 1.54) is 19.3 Å². The second kappa shape index (κ2) is 8.35. The number of hydrogen-bond acceptors (Lipinski definition) is 4. The van der Waals surface area contributed by atoms with Gasteiger partial charge in [-0.3, -0.25) is 0 Å². The van der Waals surface area contributed by atoms with Gasteiger partial charge in [0.15, 0.2) is 0 Å². The molecule has 1 atom stereocenters. The fourth-order valence-electron chi connectivity index (χ4n) is 2.32. The number of aliphatic hydroxyl groups is 1. The summed E-state index contributed by atoms with van der Waals surface area (Å²) < 4.78 is 5.85. The van der Waals surface area contributed by atoms with Gasteiger partial charge in [0.1, 0.15) is 6.10 Å². The molecule has 0 aromatic carbocycles. The number of nitrogens with two attached hydrogens (primary N) is 1. The Labute approximate surface area is 120 Å². The van der Waals surface area contributed by atoms with Crippen LogP contribution in [-0.2, 0) is 6.42 Å². The van der Waals surface area contributed by atoms with E-state index in [1.807, 2.05) is 12.1 Å². The zero-order chi connectivity index (χ0) is 12.8. The number of halogens is 1. The van der Waals surface area contributed by atoms with Gasteiger partial charge in [0.05, 0.1) is 6.61 Å². The third kappa shape index (κ3) is 5.35. The molecule has 0 amide bonds. The fraction of sp³-hybridized carbons (Fsp3) is 0.643. The summed E-state index contributed by atoms with van der Waals surface area (Å²) in [7, 11) is 0. The largest absolute Gasteiger partial charge is 0.474 e. The number of aromatic nitrogens is 1. The maximum atomic E-state index is 8.90. The van der Waals surface area contributed by atoms with E-state index in [1.54, 1.807) is 6.20 Å². The third-order valence-electron chi connectivity index (χ3n) is 3.37. The van der Waals surface area contributed by atoms with Crippen LogP contribution in [0.3, 0.4) is 0 Å². The van der Waals surface area contributed by atoms with Crippen LogP contribution in [0.4, 0.5) is 0 Å². The third-order valence-corrected chi connectivity index (χ3v) is 3.37. The fourth-order valence-corrected chi connectivity index (χ4v) is 2.32. The van der Waals surface area contributed by atoms with Crippen molar-refractivity contribution in [2.45, 2.75) is 50.7 Å². The first-order valence-electron chi connectivity index (χ1n) is 6.76. The van der Waals surface area contributed by atoms with E-state index in [9.17, 15) is 0 Å². The minimum atomic E-state index is -0.211. The zero-order valence-corrected chi connectivity index (χ0v) is 11.9. The summed E-state index contributed by atoms with van der Waals surface area (Å²) >= 11 is 0. The van der Waals surface area contributed by atoms with Crippen molar-refractivity contribution in [3.8, 4) is 5.88 Å². The number of nitrogens with zero attached hydrogens (tertiary/aromatic N) is 1. The van der Waals surface area contributed by atoms with Crippen LogP contribution in [0.15, 0.2) is 18.3 Å². The molecular weight excluding hydrogens is 264 g/mol. The minimum absolute atomic E-state index is 0. The summed E-state index contributed by atoms with van der Waals surface area (Å²) in [5.41, 5.74) is 6.72. The van der Waals surface area contributed by atoms with Crippen LogP contribution < -0.4 is 10.5 Å². The molecule has 19 heavy (non-hydrogen) atoms. The van der Waals surface area contributed by atoms with Gasteiger partial charge in [-0.05, 0) is 37.7 Å². The second-order valence-corrected chi connectivity index (χ2v) is 5.03. The maximum absolute atomic E-state index is 8.90. The maximum Gasteiger partial charge on any atom is 0.213 e. The van der Waals surface area contributed by atoms with Gasteiger partial charge >= 0.3 is 0 Å². The van der Waals surface area contributed by atoms with E-state index in [0.717, 1.165) is 18.4 Å². The highest BCUT2D eigenvalue weighted by molar-refractivity contribution is 5.85. The minimum Gasteiger partial charge on any atom is -0.474 e. The molecule has 0 radical (unpaired) electrons. The van der Waals surface area contributed by atoms with Gasteiger partial charge in [0.25, 0.3) is 0 Å². The van der Waals surface area contributed by atoms with Crippen LogP contribution in [0.25, 0.3) is 0 Å². The monoisotopic (exact) mass is 286 g/mol. The molecule has 1 unspecified atom stereocenters. The molecule has 1 aromatic heterocycles. The Morgan fingerprint density at radius 3 is 2.63 bits per heavy atom. The molecule has 0 spiro atoms. The van der Waals surface area contributed by atoms with Gasteiger partial charge in [-0.1, -0.05) is 12.5 Å². The van der Waals surface area contributed by atoms with Crippen LogP contribution >= 0.6 is 12.4 Å². The van der Waals surface area contributed by atoms with E-state index in [2.05, 4.69) is 4.98 Å². The van der Waals surface area contributed by atoms with Gasteiger partial charge in [-0.2, -0.15) is 0 Å². The Bertz CT molecular complexity index is 353. The van der Waals surface area contributed by atoms with Crippen molar-refractivity contribution < 1.29 is 9.84 Å². The van der Waals surface area contributed by atoms with Gasteiger partial charge < -0.3 is 15.6 Å². The van der Waals surface area contributed by atoms with Gasteiger partial charge in [0, 0.05) is 18.3 Å². The quantitative estimate of drug-likeness (QED) is 0.869. The standard InChI is InChI=1S/C14H22N2O2.ClH/c15-12(10-17)8-11-6-7-14(16-9-11)18-13-4-2-1-3-5-13;/h6-7,9,12-13,17H,1-5,8,10,15H2;1H. The summed E-state index contributed by atoms with van der Waals surface area (Å²) in [6.07, 6.45) is 8.88. The summed E-state index contributed by atoms with van der Waals surface area (Å²) in [4.78, 5) is 4.30. The van der Waals surface area contributed by atoms with Crippen LogP contribution in [0.1, 0.15) is 37.7 Å². The van der Waals surface area contributed by atoms with E-state index in [-0.39, 0.29) is 25.1 Å². The first-order chi connectivity index (χ1) is 8.78. The highest BCUT2D eigenvalue weighted by atomic mass is 35.5. The van der Waals surface area contributed by atoms with Crippen molar-refractivity contribution in [3.05, 3.63) is 23.9 Å². The van der Waals surface area contributed by atoms with Gasteiger partial charge in [-0.15, -0.1) is 12.4 Å².